The molecule has 0 N–H and O–H groups in total. The maximum absolute atomic E-state index is 12.8. The van der Waals surface area contributed by atoms with Crippen LogP contribution in [-0.2, 0) is 27.8 Å². The van der Waals surface area contributed by atoms with Crippen LogP contribution in [0.3, 0.4) is 0 Å². The average Bonchev–Trinajstić information content (AvgIpc) is 2.71. The molecule has 1 heterocycles. The summed E-state index contributed by atoms with van der Waals surface area (Å²) in [5, 5.41) is 0.759. The molecular weight excluding hydrogens is 443 g/mol. The molecule has 5 nitrogen and oxygen atoms in total. The van der Waals surface area contributed by atoms with Gasteiger partial charge in [-0.25, -0.2) is 8.42 Å². The molecule has 0 bridgehead atoms. The number of amides is 1. The van der Waals surface area contributed by atoms with E-state index in [0.717, 1.165) is 25.5 Å². The highest BCUT2D eigenvalue weighted by Crippen LogP contribution is 2.24. The number of piperidine rings is 1. The Balaban J connectivity index is 1.57. The number of carbonyl (C=O) groups excluding carboxylic acids is 1. The molecule has 162 valence electrons. The Morgan fingerprint density at radius 1 is 1.03 bits per heavy atom. The molecule has 0 spiro atoms. The van der Waals surface area contributed by atoms with Crippen LogP contribution in [0.1, 0.15) is 24.0 Å². The fourth-order valence-electron chi connectivity index (χ4n) is 3.72. The third kappa shape index (κ3) is 6.45. The van der Waals surface area contributed by atoms with Gasteiger partial charge in [-0.3, -0.25) is 4.79 Å². The molecule has 0 atom stereocenters. The number of sulfonamides is 1. The number of likely N-dealkylation sites (tertiary alicyclic amines) is 1. The molecule has 8 heteroatoms. The molecule has 0 aromatic heterocycles. The van der Waals surface area contributed by atoms with Crippen molar-refractivity contribution >= 4 is 39.1 Å². The zero-order valence-corrected chi connectivity index (χ0v) is 19.3. The van der Waals surface area contributed by atoms with Crippen molar-refractivity contribution in [3.63, 3.8) is 0 Å². The first-order valence-electron chi connectivity index (χ1n) is 9.93. The van der Waals surface area contributed by atoms with Gasteiger partial charge in [-0.05, 0) is 48.4 Å². The second-order valence-electron chi connectivity index (χ2n) is 7.79. The summed E-state index contributed by atoms with van der Waals surface area (Å²) in [6, 6.07) is 15.3. The Labute approximate surface area is 188 Å². The summed E-state index contributed by atoms with van der Waals surface area (Å²) in [5.74, 6) is 0.373. The number of hydrogen-bond donors (Lipinski definition) is 0. The van der Waals surface area contributed by atoms with Crippen LogP contribution < -0.4 is 0 Å². The van der Waals surface area contributed by atoms with Crippen molar-refractivity contribution in [2.45, 2.75) is 25.8 Å². The van der Waals surface area contributed by atoms with E-state index < -0.39 is 10.0 Å². The van der Waals surface area contributed by atoms with Crippen molar-refractivity contribution < 1.29 is 13.2 Å². The van der Waals surface area contributed by atoms with E-state index in [1.807, 2.05) is 18.2 Å². The van der Waals surface area contributed by atoms with Gasteiger partial charge in [0.2, 0.25) is 15.9 Å². The minimum atomic E-state index is -3.56. The molecule has 3 rings (SSSR count). The van der Waals surface area contributed by atoms with Crippen LogP contribution in [0.25, 0.3) is 0 Å². The van der Waals surface area contributed by atoms with Gasteiger partial charge in [0.05, 0.1) is 22.8 Å². The second kappa shape index (κ2) is 10.1. The molecule has 0 aliphatic carbocycles. The van der Waals surface area contributed by atoms with Crippen LogP contribution in [0.5, 0.6) is 0 Å². The lowest BCUT2D eigenvalue weighted by atomic mass is 9.90. The molecule has 1 amide bonds. The lowest BCUT2D eigenvalue weighted by Gasteiger charge is -2.33. The third-order valence-corrected chi connectivity index (χ3v) is 7.39. The Bertz CT molecular complexity index is 975. The summed E-state index contributed by atoms with van der Waals surface area (Å²) in [6.45, 7) is 1.20. The molecule has 0 saturated carbocycles. The fourth-order valence-corrected chi connectivity index (χ4v) is 4.77. The monoisotopic (exact) mass is 468 g/mol. The SMILES string of the molecule is CS(=O)(=O)N(CC(=O)N1CCC(Cc2ccccc2)CC1)Cc1ccc(Cl)c(Cl)c1. The number of benzene rings is 2. The zero-order valence-electron chi connectivity index (χ0n) is 16.9. The summed E-state index contributed by atoms with van der Waals surface area (Å²) in [7, 11) is -3.56. The summed E-state index contributed by atoms with van der Waals surface area (Å²) in [4.78, 5) is 14.6. The minimum absolute atomic E-state index is 0.0753. The van der Waals surface area contributed by atoms with Gasteiger partial charge in [0.25, 0.3) is 0 Å². The quantitative estimate of drug-likeness (QED) is 0.610. The van der Waals surface area contributed by atoms with Crippen LogP contribution in [0.15, 0.2) is 48.5 Å². The van der Waals surface area contributed by atoms with Crippen molar-refractivity contribution in [3.05, 3.63) is 69.7 Å². The van der Waals surface area contributed by atoms with E-state index in [9.17, 15) is 13.2 Å². The van der Waals surface area contributed by atoms with Crippen molar-refractivity contribution in [1.82, 2.24) is 9.21 Å². The predicted molar refractivity (Wildman–Crippen MR) is 121 cm³/mol. The predicted octanol–water partition coefficient (Wildman–Crippen LogP) is 4.24. The molecule has 1 aliphatic heterocycles. The largest absolute Gasteiger partial charge is 0.342 e. The molecule has 30 heavy (non-hydrogen) atoms. The summed E-state index contributed by atoms with van der Waals surface area (Å²) in [6.07, 6.45) is 3.97. The Morgan fingerprint density at radius 2 is 1.70 bits per heavy atom. The highest BCUT2D eigenvalue weighted by atomic mass is 35.5. The van der Waals surface area contributed by atoms with Crippen molar-refractivity contribution in [3.8, 4) is 0 Å². The number of carbonyl (C=O) groups is 1. The van der Waals surface area contributed by atoms with Gasteiger partial charge in [-0.1, -0.05) is 59.6 Å². The Morgan fingerprint density at radius 3 is 2.30 bits per heavy atom. The first-order valence-corrected chi connectivity index (χ1v) is 12.5. The van der Waals surface area contributed by atoms with Gasteiger partial charge in [-0.15, -0.1) is 0 Å². The summed E-state index contributed by atoms with van der Waals surface area (Å²) >= 11 is 12.0. The van der Waals surface area contributed by atoms with Gasteiger partial charge in [0, 0.05) is 19.6 Å². The highest BCUT2D eigenvalue weighted by molar-refractivity contribution is 7.88. The number of hydrogen-bond acceptors (Lipinski definition) is 3. The summed E-state index contributed by atoms with van der Waals surface area (Å²) in [5.41, 5.74) is 2.00. The van der Waals surface area contributed by atoms with Crippen LogP contribution in [0, 0.1) is 5.92 Å². The van der Waals surface area contributed by atoms with E-state index >= 15 is 0 Å². The minimum Gasteiger partial charge on any atom is -0.342 e. The van der Waals surface area contributed by atoms with Gasteiger partial charge >= 0.3 is 0 Å². The molecule has 2 aromatic rings. The van der Waals surface area contributed by atoms with Crippen LogP contribution in [-0.4, -0.2) is 49.4 Å². The van der Waals surface area contributed by atoms with Gasteiger partial charge in [-0.2, -0.15) is 4.31 Å². The molecule has 1 fully saturated rings. The first-order chi connectivity index (χ1) is 14.2. The van der Waals surface area contributed by atoms with Crippen molar-refractivity contribution in [2.24, 2.45) is 5.92 Å². The van der Waals surface area contributed by atoms with Gasteiger partial charge < -0.3 is 4.90 Å². The van der Waals surface area contributed by atoms with Gasteiger partial charge in [0.15, 0.2) is 0 Å². The van der Waals surface area contributed by atoms with E-state index in [1.54, 1.807) is 23.1 Å². The van der Waals surface area contributed by atoms with E-state index in [1.165, 1.54) is 9.87 Å². The summed E-state index contributed by atoms with van der Waals surface area (Å²) < 4.78 is 25.7. The lowest BCUT2D eigenvalue weighted by Crippen LogP contribution is -2.45. The molecule has 1 aliphatic rings. The average molecular weight is 469 g/mol. The normalized spacial score (nSPS) is 15.5. The maximum Gasteiger partial charge on any atom is 0.237 e. The van der Waals surface area contributed by atoms with E-state index in [4.69, 9.17) is 23.2 Å². The zero-order chi connectivity index (χ0) is 21.7. The lowest BCUT2D eigenvalue weighted by molar-refractivity contribution is -0.132. The van der Waals surface area contributed by atoms with Gasteiger partial charge in [0.1, 0.15) is 0 Å². The Kier molecular flexibility index (Phi) is 7.80. The topological polar surface area (TPSA) is 57.7 Å². The van der Waals surface area contributed by atoms with E-state index in [2.05, 4.69) is 12.1 Å². The van der Waals surface area contributed by atoms with E-state index in [-0.39, 0.29) is 19.0 Å². The first kappa shape index (κ1) is 23.1. The Hall–Kier alpha value is -1.60. The van der Waals surface area contributed by atoms with Crippen LogP contribution >= 0.6 is 23.2 Å². The maximum atomic E-state index is 12.8. The second-order valence-corrected chi connectivity index (χ2v) is 10.6. The standard InChI is InChI=1S/C22H26Cl2N2O3S/c1-30(28,29)26(15-19-7-8-20(23)21(24)14-19)16-22(27)25-11-9-18(10-12-25)13-17-5-3-2-4-6-17/h2-8,14,18H,9-13,15-16H2,1H3. The highest BCUT2D eigenvalue weighted by Gasteiger charge is 2.27. The number of halogens is 2. The number of nitrogens with zero attached hydrogens (tertiary/aromatic N) is 2. The van der Waals surface area contributed by atoms with Crippen molar-refractivity contribution in [1.29, 1.82) is 0 Å². The van der Waals surface area contributed by atoms with Crippen LogP contribution in [0.4, 0.5) is 0 Å². The van der Waals surface area contributed by atoms with Crippen molar-refractivity contribution in [2.75, 3.05) is 25.9 Å². The molecule has 0 radical (unpaired) electrons. The van der Waals surface area contributed by atoms with E-state index in [0.29, 0.717) is 34.6 Å². The molecular formula is C22H26Cl2N2O3S. The smallest absolute Gasteiger partial charge is 0.237 e. The van der Waals surface area contributed by atoms with Crippen LogP contribution in [0.2, 0.25) is 10.0 Å². The molecule has 0 unspecified atom stereocenters. The molecule has 1 saturated heterocycles. The third-order valence-electron chi connectivity index (χ3n) is 5.46. The fraction of sp³-hybridized carbons (Fsp3) is 0.409. The molecule has 2 aromatic carbocycles. The number of rotatable bonds is 7.